The maximum Gasteiger partial charge on any atom is 0.334 e. The van der Waals surface area contributed by atoms with Crippen LogP contribution in [0.15, 0.2) is 11.1 Å². The summed E-state index contributed by atoms with van der Waals surface area (Å²) in [7, 11) is 2.53. The first-order valence-electron chi connectivity index (χ1n) is 6.38. The van der Waals surface area contributed by atoms with Gasteiger partial charge in [0.1, 0.15) is 5.78 Å². The molecule has 0 radical (unpaired) electrons. The Labute approximate surface area is 111 Å². The molecule has 0 heterocycles. The molecule has 19 heavy (non-hydrogen) atoms. The van der Waals surface area contributed by atoms with E-state index in [0.717, 1.165) is 19.3 Å². The van der Waals surface area contributed by atoms with Crippen LogP contribution in [-0.2, 0) is 23.9 Å². The van der Waals surface area contributed by atoms with Crippen molar-refractivity contribution in [1.29, 1.82) is 0 Å². The fourth-order valence-electron chi connectivity index (χ4n) is 3.31. The van der Waals surface area contributed by atoms with Gasteiger partial charge in [0.15, 0.2) is 0 Å². The van der Waals surface area contributed by atoms with Gasteiger partial charge in [-0.15, -0.1) is 0 Å². The zero-order chi connectivity index (χ0) is 14.2. The van der Waals surface area contributed by atoms with Gasteiger partial charge in [0, 0.05) is 17.8 Å². The minimum atomic E-state index is -0.609. The Morgan fingerprint density at radius 1 is 1.21 bits per heavy atom. The molecular weight excluding hydrogens is 248 g/mol. The molecule has 104 valence electrons. The highest BCUT2D eigenvalue weighted by molar-refractivity contribution is 6.08. The van der Waals surface area contributed by atoms with Crippen LogP contribution in [0.25, 0.3) is 0 Å². The largest absolute Gasteiger partial charge is 0.466 e. The molecule has 1 fully saturated rings. The summed E-state index contributed by atoms with van der Waals surface area (Å²) in [6.45, 7) is 1.88. The first-order chi connectivity index (χ1) is 8.95. The number of carbonyl (C=O) groups is 3. The van der Waals surface area contributed by atoms with Gasteiger partial charge in [0.2, 0.25) is 0 Å². The molecule has 0 amide bonds. The lowest BCUT2D eigenvalue weighted by Crippen LogP contribution is -2.41. The second-order valence-corrected chi connectivity index (χ2v) is 5.34. The molecule has 2 aliphatic rings. The Bertz CT molecular complexity index is 476. The lowest BCUT2D eigenvalue weighted by atomic mass is 9.66. The van der Waals surface area contributed by atoms with Crippen LogP contribution in [0.1, 0.15) is 32.6 Å². The van der Waals surface area contributed by atoms with Gasteiger partial charge in [-0.2, -0.15) is 0 Å². The van der Waals surface area contributed by atoms with Crippen LogP contribution < -0.4 is 0 Å². The standard InChI is InChI=1S/C14H18O5/c1-14-6-4-5-9(14)11(13(17)19-3)8(7-10(14)15)12(16)18-2/h9H,4-7H2,1-3H3/t9-,14-/m1/s1. The molecule has 0 aromatic heterocycles. The van der Waals surface area contributed by atoms with Crippen molar-refractivity contribution in [3.8, 4) is 0 Å². The molecule has 2 rings (SSSR count). The summed E-state index contributed by atoms with van der Waals surface area (Å²) in [6, 6.07) is 0. The lowest BCUT2D eigenvalue weighted by Gasteiger charge is -2.36. The van der Waals surface area contributed by atoms with E-state index in [1.54, 1.807) is 0 Å². The number of hydrogen-bond acceptors (Lipinski definition) is 5. The highest BCUT2D eigenvalue weighted by atomic mass is 16.5. The fraction of sp³-hybridized carbons (Fsp3) is 0.643. The number of fused-ring (bicyclic) bond motifs is 1. The minimum Gasteiger partial charge on any atom is -0.466 e. The number of hydrogen-bond donors (Lipinski definition) is 0. The van der Waals surface area contributed by atoms with Crippen LogP contribution in [0.4, 0.5) is 0 Å². The van der Waals surface area contributed by atoms with Gasteiger partial charge >= 0.3 is 11.9 Å². The Balaban J connectivity index is 2.56. The second kappa shape index (κ2) is 4.79. The molecule has 5 nitrogen and oxygen atoms in total. The molecule has 0 bridgehead atoms. The van der Waals surface area contributed by atoms with Crippen molar-refractivity contribution in [1.82, 2.24) is 0 Å². The van der Waals surface area contributed by atoms with Crippen LogP contribution in [-0.4, -0.2) is 31.9 Å². The molecule has 5 heteroatoms. The molecule has 0 aromatic carbocycles. The van der Waals surface area contributed by atoms with E-state index < -0.39 is 17.4 Å². The number of carbonyl (C=O) groups excluding carboxylic acids is 3. The predicted octanol–water partition coefficient (Wildman–Crippen LogP) is 1.41. The summed E-state index contributed by atoms with van der Waals surface area (Å²) in [5.74, 6) is -1.34. The molecule has 2 aliphatic carbocycles. The van der Waals surface area contributed by atoms with E-state index in [2.05, 4.69) is 4.74 Å². The van der Waals surface area contributed by atoms with E-state index in [1.807, 2.05) is 6.92 Å². The van der Waals surface area contributed by atoms with Gasteiger partial charge in [-0.25, -0.2) is 9.59 Å². The van der Waals surface area contributed by atoms with E-state index in [1.165, 1.54) is 14.2 Å². The van der Waals surface area contributed by atoms with E-state index in [-0.39, 0.29) is 23.7 Å². The molecule has 0 N–H and O–H groups in total. The molecule has 0 aliphatic heterocycles. The average Bonchev–Trinajstić information content (AvgIpc) is 2.80. The summed E-state index contributed by atoms with van der Waals surface area (Å²) < 4.78 is 9.47. The van der Waals surface area contributed by atoms with Crippen molar-refractivity contribution >= 4 is 17.7 Å². The van der Waals surface area contributed by atoms with Gasteiger partial charge in [-0.1, -0.05) is 13.3 Å². The predicted molar refractivity (Wildman–Crippen MR) is 66.1 cm³/mol. The van der Waals surface area contributed by atoms with Crippen molar-refractivity contribution < 1.29 is 23.9 Å². The molecule has 1 saturated carbocycles. The van der Waals surface area contributed by atoms with Crippen LogP contribution >= 0.6 is 0 Å². The van der Waals surface area contributed by atoms with Crippen LogP contribution in [0, 0.1) is 11.3 Å². The first-order valence-corrected chi connectivity index (χ1v) is 6.38. The Kier molecular flexibility index (Phi) is 3.47. The smallest absolute Gasteiger partial charge is 0.334 e. The fourth-order valence-corrected chi connectivity index (χ4v) is 3.31. The highest BCUT2D eigenvalue weighted by Crippen LogP contribution is 2.52. The van der Waals surface area contributed by atoms with E-state index in [0.29, 0.717) is 5.57 Å². The topological polar surface area (TPSA) is 69.7 Å². The van der Waals surface area contributed by atoms with Crippen molar-refractivity contribution in [2.45, 2.75) is 32.6 Å². The monoisotopic (exact) mass is 266 g/mol. The van der Waals surface area contributed by atoms with Crippen molar-refractivity contribution in [3.63, 3.8) is 0 Å². The molecule has 0 aromatic rings. The third kappa shape index (κ3) is 1.97. The molecular formula is C14H18O5. The zero-order valence-corrected chi connectivity index (χ0v) is 11.4. The van der Waals surface area contributed by atoms with Crippen LogP contribution in [0.5, 0.6) is 0 Å². The quantitative estimate of drug-likeness (QED) is 0.707. The van der Waals surface area contributed by atoms with Crippen molar-refractivity contribution in [2.75, 3.05) is 14.2 Å². The first kappa shape index (κ1) is 13.8. The lowest BCUT2D eigenvalue weighted by molar-refractivity contribution is -0.143. The van der Waals surface area contributed by atoms with Crippen LogP contribution in [0.2, 0.25) is 0 Å². The molecule has 0 unspecified atom stereocenters. The number of esters is 2. The third-order valence-corrected chi connectivity index (χ3v) is 4.44. The summed E-state index contributed by atoms with van der Waals surface area (Å²) in [6.07, 6.45) is 2.32. The summed E-state index contributed by atoms with van der Waals surface area (Å²) in [5.41, 5.74) is -0.0289. The molecule has 0 saturated heterocycles. The SMILES string of the molecule is COC(=O)C1=C(C(=O)OC)[C@H]2CCC[C@@]2(C)C(=O)C1. The minimum absolute atomic E-state index is 0.0167. The Morgan fingerprint density at radius 3 is 2.42 bits per heavy atom. The molecule has 0 spiro atoms. The number of rotatable bonds is 2. The summed E-state index contributed by atoms with van der Waals surface area (Å²) in [4.78, 5) is 36.1. The molecule has 2 atom stereocenters. The highest BCUT2D eigenvalue weighted by Gasteiger charge is 2.52. The van der Waals surface area contributed by atoms with Gasteiger partial charge in [-0.3, -0.25) is 4.79 Å². The van der Waals surface area contributed by atoms with Gasteiger partial charge in [0.05, 0.1) is 25.4 Å². The van der Waals surface area contributed by atoms with Gasteiger partial charge in [0.25, 0.3) is 0 Å². The van der Waals surface area contributed by atoms with E-state index >= 15 is 0 Å². The van der Waals surface area contributed by atoms with Gasteiger partial charge < -0.3 is 9.47 Å². The third-order valence-electron chi connectivity index (χ3n) is 4.44. The van der Waals surface area contributed by atoms with Crippen molar-refractivity contribution in [3.05, 3.63) is 11.1 Å². The van der Waals surface area contributed by atoms with E-state index in [9.17, 15) is 14.4 Å². The number of ketones is 1. The maximum atomic E-state index is 12.3. The number of Topliss-reactive ketones (excluding diaryl/α,β-unsaturated/α-hetero) is 1. The average molecular weight is 266 g/mol. The van der Waals surface area contributed by atoms with E-state index in [4.69, 9.17) is 4.74 Å². The second-order valence-electron chi connectivity index (χ2n) is 5.34. The van der Waals surface area contributed by atoms with Crippen LogP contribution in [0.3, 0.4) is 0 Å². The summed E-state index contributed by atoms with van der Waals surface area (Å²) >= 11 is 0. The Morgan fingerprint density at radius 2 is 1.84 bits per heavy atom. The normalized spacial score (nSPS) is 30.1. The summed E-state index contributed by atoms with van der Waals surface area (Å²) in [5, 5.41) is 0. The Hall–Kier alpha value is -1.65. The number of ether oxygens (including phenoxy) is 2. The van der Waals surface area contributed by atoms with Gasteiger partial charge in [-0.05, 0) is 12.8 Å². The van der Waals surface area contributed by atoms with Crippen molar-refractivity contribution in [2.24, 2.45) is 11.3 Å². The zero-order valence-electron chi connectivity index (χ0n) is 11.4. The number of methoxy groups -OCH3 is 2. The maximum absolute atomic E-state index is 12.3.